The molecule has 2 aromatic heterocycles. The molecule has 3 nitrogen and oxygen atoms in total. The van der Waals surface area contributed by atoms with E-state index in [-0.39, 0.29) is 6.04 Å². The molecule has 0 spiro atoms. The van der Waals surface area contributed by atoms with Gasteiger partial charge in [0, 0.05) is 37.4 Å². The molecular weight excluding hydrogens is 234 g/mol. The zero-order valence-corrected chi connectivity index (χ0v) is 10.4. The van der Waals surface area contributed by atoms with Crippen molar-refractivity contribution in [1.82, 2.24) is 15.3 Å². The summed E-state index contributed by atoms with van der Waals surface area (Å²) in [6.07, 6.45) is 7.05. The molecule has 0 aliphatic carbocycles. The zero-order valence-electron chi connectivity index (χ0n) is 9.60. The summed E-state index contributed by atoms with van der Waals surface area (Å²) in [4.78, 5) is 8.06. The van der Waals surface area contributed by atoms with E-state index in [9.17, 15) is 0 Å². The van der Waals surface area contributed by atoms with Crippen LogP contribution in [0.15, 0.2) is 43.0 Å². The SMILES string of the molecule is CC(NCc1ccncc1Cl)c1cccnc1. The van der Waals surface area contributed by atoms with E-state index in [1.54, 1.807) is 18.6 Å². The van der Waals surface area contributed by atoms with Gasteiger partial charge in [0.25, 0.3) is 0 Å². The molecule has 4 heteroatoms. The number of rotatable bonds is 4. The van der Waals surface area contributed by atoms with Gasteiger partial charge in [0.05, 0.1) is 5.02 Å². The smallest absolute Gasteiger partial charge is 0.0634 e. The van der Waals surface area contributed by atoms with Gasteiger partial charge in [0.1, 0.15) is 0 Å². The topological polar surface area (TPSA) is 37.8 Å². The summed E-state index contributed by atoms with van der Waals surface area (Å²) in [5.74, 6) is 0. The predicted molar refractivity (Wildman–Crippen MR) is 68.7 cm³/mol. The minimum absolute atomic E-state index is 0.243. The molecule has 0 aromatic carbocycles. The number of aromatic nitrogens is 2. The van der Waals surface area contributed by atoms with Crippen molar-refractivity contribution in [3.8, 4) is 0 Å². The van der Waals surface area contributed by atoms with Gasteiger partial charge in [-0.05, 0) is 30.2 Å². The zero-order chi connectivity index (χ0) is 12.1. The highest BCUT2D eigenvalue weighted by molar-refractivity contribution is 6.31. The van der Waals surface area contributed by atoms with E-state index >= 15 is 0 Å². The molecule has 1 atom stereocenters. The van der Waals surface area contributed by atoms with E-state index in [1.165, 1.54) is 0 Å². The molecule has 17 heavy (non-hydrogen) atoms. The number of halogens is 1. The van der Waals surface area contributed by atoms with E-state index < -0.39 is 0 Å². The molecule has 0 saturated carbocycles. The van der Waals surface area contributed by atoms with Crippen LogP contribution in [0.2, 0.25) is 5.02 Å². The Hall–Kier alpha value is -1.45. The second-order valence-corrected chi connectivity index (χ2v) is 4.26. The average molecular weight is 248 g/mol. The van der Waals surface area contributed by atoms with Crippen LogP contribution in [-0.4, -0.2) is 9.97 Å². The van der Waals surface area contributed by atoms with Crippen LogP contribution in [0.25, 0.3) is 0 Å². The maximum Gasteiger partial charge on any atom is 0.0634 e. The molecule has 0 saturated heterocycles. The highest BCUT2D eigenvalue weighted by Gasteiger charge is 2.05. The van der Waals surface area contributed by atoms with Gasteiger partial charge in [-0.1, -0.05) is 17.7 Å². The Balaban J connectivity index is 1.97. The van der Waals surface area contributed by atoms with E-state index in [4.69, 9.17) is 11.6 Å². The lowest BCUT2D eigenvalue weighted by molar-refractivity contribution is 0.573. The lowest BCUT2D eigenvalue weighted by atomic mass is 10.1. The van der Waals surface area contributed by atoms with Crippen molar-refractivity contribution in [3.05, 3.63) is 59.1 Å². The van der Waals surface area contributed by atoms with Gasteiger partial charge in [0.2, 0.25) is 0 Å². The second-order valence-electron chi connectivity index (χ2n) is 3.86. The van der Waals surface area contributed by atoms with Crippen molar-refractivity contribution in [2.45, 2.75) is 19.5 Å². The van der Waals surface area contributed by atoms with Gasteiger partial charge in [-0.15, -0.1) is 0 Å². The predicted octanol–water partition coefficient (Wildman–Crippen LogP) is 2.98. The van der Waals surface area contributed by atoms with Crippen molar-refractivity contribution in [2.75, 3.05) is 0 Å². The molecule has 0 aliphatic heterocycles. The van der Waals surface area contributed by atoms with E-state index in [0.717, 1.165) is 17.7 Å². The van der Waals surface area contributed by atoms with Gasteiger partial charge in [-0.25, -0.2) is 0 Å². The Labute approximate surface area is 106 Å². The Morgan fingerprint density at radius 1 is 1.24 bits per heavy atom. The Morgan fingerprint density at radius 3 is 2.76 bits per heavy atom. The fraction of sp³-hybridized carbons (Fsp3) is 0.231. The van der Waals surface area contributed by atoms with Crippen molar-refractivity contribution < 1.29 is 0 Å². The van der Waals surface area contributed by atoms with Gasteiger partial charge in [0.15, 0.2) is 0 Å². The summed E-state index contributed by atoms with van der Waals surface area (Å²) in [7, 11) is 0. The third-order valence-electron chi connectivity index (χ3n) is 2.64. The Bertz CT molecular complexity index is 473. The fourth-order valence-electron chi connectivity index (χ4n) is 1.56. The van der Waals surface area contributed by atoms with Crippen LogP contribution in [0.1, 0.15) is 24.1 Å². The van der Waals surface area contributed by atoms with Crippen LogP contribution in [0.3, 0.4) is 0 Å². The van der Waals surface area contributed by atoms with E-state index in [0.29, 0.717) is 5.02 Å². The molecule has 1 N–H and O–H groups in total. The number of nitrogens with zero attached hydrogens (tertiary/aromatic N) is 2. The summed E-state index contributed by atoms with van der Waals surface area (Å²) in [5.41, 5.74) is 2.22. The Kier molecular flexibility index (Phi) is 4.07. The number of nitrogens with one attached hydrogen (secondary N) is 1. The molecule has 0 amide bonds. The number of hydrogen-bond acceptors (Lipinski definition) is 3. The largest absolute Gasteiger partial charge is 0.306 e. The van der Waals surface area contributed by atoms with Gasteiger partial charge in [-0.3, -0.25) is 9.97 Å². The summed E-state index contributed by atoms with van der Waals surface area (Å²) in [6, 6.07) is 6.16. The molecular formula is C13H14ClN3. The maximum atomic E-state index is 6.04. The lowest BCUT2D eigenvalue weighted by Crippen LogP contribution is -2.18. The summed E-state index contributed by atoms with van der Waals surface area (Å²) in [6.45, 7) is 2.82. The van der Waals surface area contributed by atoms with Crippen molar-refractivity contribution in [1.29, 1.82) is 0 Å². The lowest BCUT2D eigenvalue weighted by Gasteiger charge is -2.14. The molecule has 0 aliphatic rings. The molecule has 0 radical (unpaired) electrons. The molecule has 1 unspecified atom stereocenters. The first kappa shape index (κ1) is 12.0. The monoisotopic (exact) mass is 247 g/mol. The molecule has 2 heterocycles. The highest BCUT2D eigenvalue weighted by Crippen LogP contribution is 2.15. The van der Waals surface area contributed by atoms with Crippen LogP contribution in [-0.2, 0) is 6.54 Å². The highest BCUT2D eigenvalue weighted by atomic mass is 35.5. The molecule has 2 rings (SSSR count). The summed E-state index contributed by atoms with van der Waals surface area (Å²) < 4.78 is 0. The van der Waals surface area contributed by atoms with Crippen molar-refractivity contribution in [3.63, 3.8) is 0 Å². The number of hydrogen-bond donors (Lipinski definition) is 1. The minimum Gasteiger partial charge on any atom is -0.306 e. The van der Waals surface area contributed by atoms with Gasteiger partial charge >= 0.3 is 0 Å². The second kappa shape index (κ2) is 5.75. The number of pyridine rings is 2. The van der Waals surface area contributed by atoms with Crippen LogP contribution in [0, 0.1) is 0 Å². The first-order valence-electron chi connectivity index (χ1n) is 5.49. The molecule has 0 fully saturated rings. The van der Waals surface area contributed by atoms with Crippen molar-refractivity contribution >= 4 is 11.6 Å². The quantitative estimate of drug-likeness (QED) is 0.903. The average Bonchev–Trinajstić information content (AvgIpc) is 2.38. The third-order valence-corrected chi connectivity index (χ3v) is 2.98. The molecule has 2 aromatic rings. The van der Waals surface area contributed by atoms with E-state index in [1.807, 2.05) is 18.3 Å². The van der Waals surface area contributed by atoms with Crippen molar-refractivity contribution in [2.24, 2.45) is 0 Å². The van der Waals surface area contributed by atoms with Gasteiger partial charge < -0.3 is 5.32 Å². The normalized spacial score (nSPS) is 12.4. The minimum atomic E-state index is 0.243. The summed E-state index contributed by atoms with van der Waals surface area (Å²) in [5, 5.41) is 4.10. The van der Waals surface area contributed by atoms with E-state index in [2.05, 4.69) is 28.3 Å². The summed E-state index contributed by atoms with van der Waals surface area (Å²) >= 11 is 6.04. The third kappa shape index (κ3) is 3.25. The standard InChI is InChI=1S/C13H14ClN3/c1-10(11-3-2-5-15-7-11)17-8-12-4-6-16-9-13(12)14/h2-7,9-10,17H,8H2,1H3. The van der Waals surface area contributed by atoms with Gasteiger partial charge in [-0.2, -0.15) is 0 Å². The first-order valence-corrected chi connectivity index (χ1v) is 5.87. The molecule has 88 valence electrons. The Morgan fingerprint density at radius 2 is 2.06 bits per heavy atom. The first-order chi connectivity index (χ1) is 8.27. The van der Waals surface area contributed by atoms with Crippen LogP contribution in [0.4, 0.5) is 0 Å². The van der Waals surface area contributed by atoms with Crippen LogP contribution >= 0.6 is 11.6 Å². The molecule has 0 bridgehead atoms. The fourth-order valence-corrected chi connectivity index (χ4v) is 1.75. The maximum absolute atomic E-state index is 6.04. The van der Waals surface area contributed by atoms with Crippen LogP contribution in [0.5, 0.6) is 0 Å². The van der Waals surface area contributed by atoms with Crippen LogP contribution < -0.4 is 5.32 Å².